The predicted octanol–water partition coefficient (Wildman–Crippen LogP) is 4.09. The summed E-state index contributed by atoms with van der Waals surface area (Å²) in [6.07, 6.45) is 2.86. The quantitative estimate of drug-likeness (QED) is 0.399. The number of hydrogen-bond donors (Lipinski definition) is 0. The Kier molecular flexibility index (Phi) is 7.17. The first-order valence-electron chi connectivity index (χ1n) is 8.72. The highest BCUT2D eigenvalue weighted by Crippen LogP contribution is 2.25. The van der Waals surface area contributed by atoms with Gasteiger partial charge in [-0.3, -0.25) is 4.79 Å². The summed E-state index contributed by atoms with van der Waals surface area (Å²) in [6, 6.07) is 12.6. The zero-order chi connectivity index (χ0) is 19.8. The van der Waals surface area contributed by atoms with Crippen LogP contribution in [0.2, 0.25) is 0 Å². The Bertz CT molecular complexity index is 821. The van der Waals surface area contributed by atoms with Crippen LogP contribution in [0.25, 0.3) is 6.08 Å². The summed E-state index contributed by atoms with van der Waals surface area (Å²) in [7, 11) is 3.10. The first-order chi connectivity index (χ1) is 13.0. The van der Waals surface area contributed by atoms with E-state index in [-0.39, 0.29) is 5.78 Å². The zero-order valence-electron chi connectivity index (χ0n) is 16.0. The molecule has 0 aliphatic carbocycles. The number of esters is 1. The van der Waals surface area contributed by atoms with Gasteiger partial charge in [0.05, 0.1) is 14.2 Å². The highest BCUT2D eigenvalue weighted by Gasteiger charge is 2.18. The topological polar surface area (TPSA) is 61.8 Å². The molecule has 0 aromatic heterocycles. The molecule has 2 aromatic rings. The van der Waals surface area contributed by atoms with E-state index < -0.39 is 12.1 Å². The van der Waals surface area contributed by atoms with Gasteiger partial charge in [0, 0.05) is 17.2 Å². The molecule has 2 aromatic carbocycles. The van der Waals surface area contributed by atoms with Gasteiger partial charge in [0.15, 0.2) is 6.10 Å². The molecule has 0 heterocycles. The third kappa shape index (κ3) is 5.45. The van der Waals surface area contributed by atoms with E-state index >= 15 is 0 Å². The Balaban J connectivity index is 2.03. The summed E-state index contributed by atoms with van der Waals surface area (Å²) in [5.74, 6) is 0.396. The van der Waals surface area contributed by atoms with Gasteiger partial charge in [-0.2, -0.15) is 0 Å². The molecule has 0 fully saturated rings. The summed E-state index contributed by atoms with van der Waals surface area (Å²) in [4.78, 5) is 24.5. The van der Waals surface area contributed by atoms with Crippen LogP contribution in [-0.4, -0.2) is 32.1 Å². The average Bonchev–Trinajstić information content (AvgIpc) is 2.71. The molecule has 0 spiro atoms. The Morgan fingerprint density at radius 3 is 2.33 bits per heavy atom. The van der Waals surface area contributed by atoms with E-state index in [1.807, 2.05) is 19.1 Å². The predicted molar refractivity (Wildman–Crippen MR) is 104 cm³/mol. The number of ketones is 1. The lowest BCUT2D eigenvalue weighted by Gasteiger charge is -2.11. The number of aryl methyl sites for hydroxylation is 1. The third-order valence-electron chi connectivity index (χ3n) is 4.14. The van der Waals surface area contributed by atoms with Gasteiger partial charge in [0.1, 0.15) is 11.5 Å². The average molecular weight is 368 g/mol. The van der Waals surface area contributed by atoms with Crippen molar-refractivity contribution in [1.29, 1.82) is 0 Å². The van der Waals surface area contributed by atoms with E-state index in [1.54, 1.807) is 57.6 Å². The molecule has 0 radical (unpaired) electrons. The van der Waals surface area contributed by atoms with Crippen molar-refractivity contribution in [3.8, 4) is 11.5 Å². The largest absolute Gasteiger partial charge is 0.497 e. The second-order valence-corrected chi connectivity index (χ2v) is 5.94. The van der Waals surface area contributed by atoms with Crippen LogP contribution in [0.4, 0.5) is 0 Å². The van der Waals surface area contributed by atoms with Crippen molar-refractivity contribution in [1.82, 2.24) is 0 Å². The molecule has 1 atom stereocenters. The molecule has 0 saturated heterocycles. The van der Waals surface area contributed by atoms with E-state index in [9.17, 15) is 9.59 Å². The fraction of sp³-hybridized carbons (Fsp3) is 0.273. The molecule has 0 aliphatic rings. The van der Waals surface area contributed by atoms with Gasteiger partial charge >= 0.3 is 5.97 Å². The zero-order valence-corrected chi connectivity index (χ0v) is 16.0. The van der Waals surface area contributed by atoms with Crippen molar-refractivity contribution in [2.75, 3.05) is 14.2 Å². The van der Waals surface area contributed by atoms with Crippen molar-refractivity contribution in [3.63, 3.8) is 0 Å². The number of benzene rings is 2. The lowest BCUT2D eigenvalue weighted by atomic mass is 10.0. The van der Waals surface area contributed by atoms with Gasteiger partial charge in [-0.05, 0) is 43.2 Å². The third-order valence-corrected chi connectivity index (χ3v) is 4.14. The fourth-order valence-electron chi connectivity index (χ4n) is 2.53. The summed E-state index contributed by atoms with van der Waals surface area (Å²) < 4.78 is 15.7. The summed E-state index contributed by atoms with van der Waals surface area (Å²) >= 11 is 0. The maximum Gasteiger partial charge on any atom is 0.331 e. The summed E-state index contributed by atoms with van der Waals surface area (Å²) in [5.41, 5.74) is 2.33. The maximum atomic E-state index is 12.4. The molecule has 0 N–H and O–H groups in total. The highest BCUT2D eigenvalue weighted by molar-refractivity contribution is 6.01. The Labute approximate surface area is 159 Å². The first kappa shape index (κ1) is 20.2. The molecule has 0 amide bonds. The minimum atomic E-state index is -0.873. The smallest absolute Gasteiger partial charge is 0.331 e. The van der Waals surface area contributed by atoms with Crippen molar-refractivity contribution in [2.24, 2.45) is 0 Å². The Morgan fingerprint density at radius 2 is 1.74 bits per heavy atom. The van der Waals surface area contributed by atoms with Crippen molar-refractivity contribution in [3.05, 3.63) is 65.2 Å². The van der Waals surface area contributed by atoms with Crippen LogP contribution in [0.15, 0.2) is 48.5 Å². The number of Topliss-reactive ketones (excluding diaryl/α,β-unsaturated/α-hetero) is 1. The fourth-order valence-corrected chi connectivity index (χ4v) is 2.53. The minimum Gasteiger partial charge on any atom is -0.497 e. The van der Waals surface area contributed by atoms with Gasteiger partial charge in [0.2, 0.25) is 5.78 Å². The maximum absolute atomic E-state index is 12.4. The van der Waals surface area contributed by atoms with Gasteiger partial charge in [-0.15, -0.1) is 0 Å². The van der Waals surface area contributed by atoms with E-state index in [1.165, 1.54) is 6.08 Å². The number of methoxy groups -OCH3 is 2. The molecule has 5 heteroatoms. The number of carbonyl (C=O) groups is 2. The van der Waals surface area contributed by atoms with Crippen LogP contribution in [-0.2, 0) is 16.0 Å². The first-order valence-corrected chi connectivity index (χ1v) is 8.72. The summed E-state index contributed by atoms with van der Waals surface area (Å²) in [5, 5.41) is 0. The van der Waals surface area contributed by atoms with Crippen molar-refractivity contribution in [2.45, 2.75) is 26.4 Å². The van der Waals surface area contributed by atoms with E-state index in [0.29, 0.717) is 22.6 Å². The van der Waals surface area contributed by atoms with E-state index in [0.717, 1.165) is 12.0 Å². The number of ether oxygens (including phenoxy) is 3. The lowest BCUT2D eigenvalue weighted by molar-refractivity contribution is -0.140. The number of hydrogen-bond acceptors (Lipinski definition) is 5. The molecule has 2 rings (SSSR count). The second-order valence-electron chi connectivity index (χ2n) is 5.94. The number of rotatable bonds is 8. The molecule has 0 bridgehead atoms. The molecule has 5 nitrogen and oxygen atoms in total. The molecular formula is C22H24O5. The van der Waals surface area contributed by atoms with Gasteiger partial charge in [0.25, 0.3) is 0 Å². The number of carbonyl (C=O) groups excluding carboxylic acids is 2. The van der Waals surface area contributed by atoms with Crippen LogP contribution < -0.4 is 9.47 Å². The van der Waals surface area contributed by atoms with E-state index in [4.69, 9.17) is 14.2 Å². The Hall–Kier alpha value is -3.08. The van der Waals surface area contributed by atoms with E-state index in [2.05, 4.69) is 0 Å². The van der Waals surface area contributed by atoms with Crippen LogP contribution >= 0.6 is 0 Å². The van der Waals surface area contributed by atoms with Crippen LogP contribution in [0, 0.1) is 0 Å². The lowest BCUT2D eigenvalue weighted by Crippen LogP contribution is -2.23. The van der Waals surface area contributed by atoms with Crippen LogP contribution in [0.5, 0.6) is 11.5 Å². The van der Waals surface area contributed by atoms with Crippen molar-refractivity contribution < 1.29 is 23.8 Å². The van der Waals surface area contributed by atoms with Crippen LogP contribution in [0.1, 0.15) is 35.3 Å². The highest BCUT2D eigenvalue weighted by atomic mass is 16.5. The van der Waals surface area contributed by atoms with Crippen molar-refractivity contribution >= 4 is 17.8 Å². The van der Waals surface area contributed by atoms with Gasteiger partial charge in [-0.1, -0.05) is 31.2 Å². The molecular weight excluding hydrogens is 344 g/mol. The minimum absolute atomic E-state index is 0.238. The van der Waals surface area contributed by atoms with Crippen LogP contribution in [0.3, 0.4) is 0 Å². The Morgan fingerprint density at radius 1 is 1.04 bits per heavy atom. The summed E-state index contributed by atoms with van der Waals surface area (Å²) in [6.45, 7) is 3.61. The molecule has 0 aliphatic heterocycles. The van der Waals surface area contributed by atoms with Gasteiger partial charge in [-0.25, -0.2) is 4.79 Å². The monoisotopic (exact) mass is 368 g/mol. The van der Waals surface area contributed by atoms with Gasteiger partial charge < -0.3 is 14.2 Å². The molecule has 0 unspecified atom stereocenters. The molecule has 0 saturated carbocycles. The molecule has 27 heavy (non-hydrogen) atoms. The second kappa shape index (κ2) is 9.57. The molecule has 142 valence electrons. The SMILES string of the molecule is CCc1ccc(C(=O)[C@@H](C)OC(=O)/C=C/c2cc(OC)ccc2OC)cc1. The standard InChI is InChI=1S/C22H24O5/c1-5-16-6-8-17(9-7-16)22(24)15(2)27-21(23)13-10-18-14-19(25-3)11-12-20(18)26-4/h6-15H,5H2,1-4H3/b13-10+/t15-/m1/s1. The normalized spacial score (nSPS) is 11.9.